The molecule has 0 unspecified atom stereocenters. The SMILES string of the molecule is Cc1csc([C@H]2CCCN2C(=O)c2cccc(C(=O)C[C@@H](Cc3cc(F)cc(F)c3)[C@H](O)C3CCCC3)c2)n1. The van der Waals surface area contributed by atoms with Crippen molar-refractivity contribution in [3.8, 4) is 0 Å². The Morgan fingerprint density at radius 2 is 1.77 bits per heavy atom. The lowest BCUT2D eigenvalue weighted by molar-refractivity contribution is 0.0456. The van der Waals surface area contributed by atoms with E-state index in [0.717, 1.165) is 55.3 Å². The molecular weight excluding hydrogens is 518 g/mol. The van der Waals surface area contributed by atoms with Crippen LogP contribution >= 0.6 is 11.3 Å². The second-order valence-electron chi connectivity index (χ2n) is 11.0. The molecule has 2 fully saturated rings. The van der Waals surface area contributed by atoms with Crippen LogP contribution in [0.2, 0.25) is 0 Å². The molecule has 2 heterocycles. The van der Waals surface area contributed by atoms with Crippen molar-refractivity contribution in [1.29, 1.82) is 0 Å². The second kappa shape index (κ2) is 12.0. The van der Waals surface area contributed by atoms with Gasteiger partial charge in [0, 0.05) is 41.2 Å². The lowest BCUT2D eigenvalue weighted by Gasteiger charge is -2.27. The largest absolute Gasteiger partial charge is 0.393 e. The predicted octanol–water partition coefficient (Wildman–Crippen LogP) is 6.69. The molecule has 1 aliphatic carbocycles. The van der Waals surface area contributed by atoms with Crippen LogP contribution in [0, 0.1) is 30.4 Å². The highest BCUT2D eigenvalue weighted by molar-refractivity contribution is 7.09. The summed E-state index contributed by atoms with van der Waals surface area (Å²) in [5, 5.41) is 14.1. The zero-order valence-electron chi connectivity index (χ0n) is 22.1. The number of nitrogens with zero attached hydrogens (tertiary/aromatic N) is 2. The van der Waals surface area contributed by atoms with E-state index in [9.17, 15) is 23.5 Å². The van der Waals surface area contributed by atoms with Crippen molar-refractivity contribution in [1.82, 2.24) is 9.88 Å². The third-order valence-corrected chi connectivity index (χ3v) is 9.16. The number of carbonyl (C=O) groups excluding carboxylic acids is 2. The molecule has 1 N–H and O–H groups in total. The Labute approximate surface area is 231 Å². The van der Waals surface area contributed by atoms with Crippen LogP contribution in [-0.2, 0) is 6.42 Å². The molecular formula is C31H34F2N2O3S. The van der Waals surface area contributed by atoms with Gasteiger partial charge in [0.2, 0.25) is 0 Å². The molecule has 2 aromatic carbocycles. The molecule has 1 aromatic heterocycles. The first-order valence-corrected chi connectivity index (χ1v) is 14.7. The summed E-state index contributed by atoms with van der Waals surface area (Å²) in [5.41, 5.74) is 2.21. The number of hydrogen-bond donors (Lipinski definition) is 1. The van der Waals surface area contributed by atoms with E-state index in [2.05, 4.69) is 4.98 Å². The molecule has 5 nitrogen and oxygen atoms in total. The lowest BCUT2D eigenvalue weighted by atomic mass is 9.81. The van der Waals surface area contributed by atoms with Gasteiger partial charge in [-0.2, -0.15) is 0 Å². The van der Waals surface area contributed by atoms with Crippen LogP contribution in [-0.4, -0.2) is 39.3 Å². The predicted molar refractivity (Wildman–Crippen MR) is 147 cm³/mol. The van der Waals surface area contributed by atoms with E-state index in [1.54, 1.807) is 35.6 Å². The maximum Gasteiger partial charge on any atom is 0.254 e. The van der Waals surface area contributed by atoms with Gasteiger partial charge < -0.3 is 10.0 Å². The molecule has 1 aliphatic heterocycles. The van der Waals surface area contributed by atoms with E-state index in [-0.39, 0.29) is 36.5 Å². The summed E-state index contributed by atoms with van der Waals surface area (Å²) < 4.78 is 27.8. The minimum atomic E-state index is -0.750. The Bertz CT molecular complexity index is 1320. The number of ketones is 1. The van der Waals surface area contributed by atoms with E-state index in [1.807, 2.05) is 17.2 Å². The van der Waals surface area contributed by atoms with Gasteiger partial charge in [0.1, 0.15) is 16.6 Å². The number of rotatable bonds is 9. The topological polar surface area (TPSA) is 70.5 Å². The Morgan fingerprint density at radius 1 is 1.05 bits per heavy atom. The van der Waals surface area contributed by atoms with Gasteiger partial charge in [-0.05, 0) is 80.7 Å². The van der Waals surface area contributed by atoms with Gasteiger partial charge in [-0.3, -0.25) is 9.59 Å². The van der Waals surface area contributed by atoms with Gasteiger partial charge in [0.05, 0.1) is 12.1 Å². The van der Waals surface area contributed by atoms with Crippen molar-refractivity contribution in [2.24, 2.45) is 11.8 Å². The number of hydrogen-bond acceptors (Lipinski definition) is 5. The fraction of sp³-hybridized carbons (Fsp3) is 0.452. The fourth-order valence-electron chi connectivity index (χ4n) is 6.17. The molecule has 206 valence electrons. The summed E-state index contributed by atoms with van der Waals surface area (Å²) in [6, 6.07) is 10.0. The van der Waals surface area contributed by atoms with Crippen molar-refractivity contribution >= 4 is 23.0 Å². The molecule has 3 aromatic rings. The molecule has 2 aliphatic rings. The van der Waals surface area contributed by atoms with Gasteiger partial charge in [-0.1, -0.05) is 25.0 Å². The standard InChI is InChI=1S/C31H34F2N2O3S/c1-19-18-39-30(34-19)27-10-5-11-35(27)31(38)23-9-4-8-22(15-23)28(36)16-24(29(37)21-6-2-3-7-21)12-20-13-25(32)17-26(33)14-20/h4,8-9,13-15,17-18,21,24,27,29,37H,2-3,5-7,10-12,16H2,1H3/t24-,27-,29-/m1/s1. The number of amides is 1. The fourth-order valence-corrected chi connectivity index (χ4v) is 7.11. The van der Waals surface area contributed by atoms with Gasteiger partial charge in [0.25, 0.3) is 5.91 Å². The van der Waals surface area contributed by atoms with Crippen LogP contribution in [0.1, 0.15) is 88.0 Å². The summed E-state index contributed by atoms with van der Waals surface area (Å²) >= 11 is 1.56. The first kappa shape index (κ1) is 27.6. The van der Waals surface area contributed by atoms with E-state index in [1.165, 1.54) is 12.1 Å². The summed E-state index contributed by atoms with van der Waals surface area (Å²) in [5.74, 6) is -2.10. The zero-order valence-corrected chi connectivity index (χ0v) is 22.9. The molecule has 5 rings (SSSR count). The highest BCUT2D eigenvalue weighted by Gasteiger charge is 2.34. The Balaban J connectivity index is 1.34. The number of carbonyl (C=O) groups is 2. The van der Waals surface area contributed by atoms with E-state index >= 15 is 0 Å². The Hall–Kier alpha value is -2.97. The maximum absolute atomic E-state index is 13.9. The maximum atomic E-state index is 13.9. The summed E-state index contributed by atoms with van der Waals surface area (Å²) in [6.07, 6.45) is 5.04. The van der Waals surface area contributed by atoms with Gasteiger partial charge in [-0.25, -0.2) is 13.8 Å². The van der Waals surface area contributed by atoms with Crippen LogP contribution in [0.5, 0.6) is 0 Å². The lowest BCUT2D eigenvalue weighted by Crippen LogP contribution is -2.32. The normalized spacial score (nSPS) is 19.4. The van der Waals surface area contributed by atoms with E-state index in [4.69, 9.17) is 0 Å². The van der Waals surface area contributed by atoms with Crippen LogP contribution in [0.25, 0.3) is 0 Å². The molecule has 1 amide bonds. The molecule has 0 radical (unpaired) electrons. The molecule has 0 bridgehead atoms. The van der Waals surface area contributed by atoms with Crippen molar-refractivity contribution < 1.29 is 23.5 Å². The average Bonchev–Trinajstić information content (AvgIpc) is 3.69. The number of Topliss-reactive ketones (excluding diaryl/α,β-unsaturated/α-hetero) is 1. The number of aliphatic hydroxyl groups is 1. The van der Waals surface area contributed by atoms with Gasteiger partial charge in [0.15, 0.2) is 5.78 Å². The van der Waals surface area contributed by atoms with Crippen molar-refractivity contribution in [3.63, 3.8) is 0 Å². The van der Waals surface area contributed by atoms with E-state index < -0.39 is 23.7 Å². The number of thiazole rings is 1. The Morgan fingerprint density at radius 3 is 2.46 bits per heavy atom. The molecule has 8 heteroatoms. The number of aryl methyl sites for hydroxylation is 1. The highest BCUT2D eigenvalue weighted by atomic mass is 32.1. The Kier molecular flexibility index (Phi) is 8.52. The third-order valence-electron chi connectivity index (χ3n) is 8.10. The van der Waals surface area contributed by atoms with Crippen molar-refractivity contribution in [2.75, 3.05) is 6.54 Å². The zero-order chi connectivity index (χ0) is 27.5. The molecule has 39 heavy (non-hydrogen) atoms. The molecule has 0 spiro atoms. The minimum Gasteiger partial charge on any atom is -0.393 e. The first-order chi connectivity index (χ1) is 18.8. The van der Waals surface area contributed by atoms with Crippen molar-refractivity contribution in [2.45, 2.75) is 70.4 Å². The monoisotopic (exact) mass is 552 g/mol. The second-order valence-corrected chi connectivity index (χ2v) is 11.9. The van der Waals surface area contributed by atoms with Gasteiger partial charge in [-0.15, -0.1) is 11.3 Å². The summed E-state index contributed by atoms with van der Waals surface area (Å²) in [7, 11) is 0. The van der Waals surface area contributed by atoms with Crippen LogP contribution in [0.4, 0.5) is 8.78 Å². The molecule has 1 saturated heterocycles. The number of halogens is 2. The number of aromatic nitrogens is 1. The number of benzene rings is 2. The van der Waals surface area contributed by atoms with Crippen LogP contribution in [0.15, 0.2) is 47.8 Å². The molecule has 3 atom stereocenters. The highest BCUT2D eigenvalue weighted by Crippen LogP contribution is 2.36. The van der Waals surface area contributed by atoms with Gasteiger partial charge >= 0.3 is 0 Å². The van der Waals surface area contributed by atoms with Crippen LogP contribution < -0.4 is 0 Å². The average molecular weight is 553 g/mol. The minimum absolute atomic E-state index is 0.0260. The first-order valence-electron chi connectivity index (χ1n) is 13.8. The number of likely N-dealkylation sites (tertiary alicyclic amines) is 1. The van der Waals surface area contributed by atoms with Crippen LogP contribution in [0.3, 0.4) is 0 Å². The van der Waals surface area contributed by atoms with Crippen molar-refractivity contribution in [3.05, 3.63) is 86.9 Å². The summed E-state index contributed by atoms with van der Waals surface area (Å²) in [6.45, 7) is 2.58. The smallest absolute Gasteiger partial charge is 0.254 e. The third kappa shape index (κ3) is 6.44. The number of aliphatic hydroxyl groups excluding tert-OH is 1. The molecule has 1 saturated carbocycles. The van der Waals surface area contributed by atoms with E-state index in [0.29, 0.717) is 23.2 Å². The summed E-state index contributed by atoms with van der Waals surface area (Å²) in [4.78, 5) is 33.4. The quantitative estimate of drug-likeness (QED) is 0.300.